The van der Waals surface area contributed by atoms with E-state index in [1.54, 1.807) is 26.1 Å². The SMILES string of the molecule is CN[C@@H](C)C(=O)N[C@H](C(=O)N1CCC[C@H]1c1nc(-c2ccc(F)c3ccccc23)cs1)C1CCC(O)(C2CC2)CC1. The molecule has 0 spiro atoms. The van der Waals surface area contributed by atoms with Crippen LogP contribution in [0.4, 0.5) is 4.39 Å². The number of nitrogens with zero attached hydrogens (tertiary/aromatic N) is 2. The molecule has 0 bridgehead atoms. The van der Waals surface area contributed by atoms with Gasteiger partial charge in [0.25, 0.3) is 0 Å². The fraction of sp³-hybridized carbons (Fsp3) is 0.531. The molecule has 3 aromatic rings. The number of likely N-dealkylation sites (N-methyl/N-ethyl adjacent to an activating group) is 1. The summed E-state index contributed by atoms with van der Waals surface area (Å²) in [4.78, 5) is 34.1. The fourth-order valence-corrected chi connectivity index (χ4v) is 7.77. The van der Waals surface area contributed by atoms with Crippen molar-refractivity contribution in [3.8, 4) is 11.3 Å². The predicted molar refractivity (Wildman–Crippen MR) is 159 cm³/mol. The smallest absolute Gasteiger partial charge is 0.246 e. The Bertz CT molecular complexity index is 1430. The lowest BCUT2D eigenvalue weighted by Crippen LogP contribution is -2.56. The van der Waals surface area contributed by atoms with Gasteiger partial charge in [0.15, 0.2) is 0 Å². The van der Waals surface area contributed by atoms with Crippen molar-refractivity contribution in [1.29, 1.82) is 0 Å². The van der Waals surface area contributed by atoms with Gasteiger partial charge in [-0.15, -0.1) is 11.3 Å². The number of benzene rings is 2. The molecule has 2 amide bonds. The summed E-state index contributed by atoms with van der Waals surface area (Å²) in [6.45, 7) is 2.41. The van der Waals surface area contributed by atoms with E-state index in [9.17, 15) is 19.1 Å². The molecule has 1 aliphatic heterocycles. The highest BCUT2D eigenvalue weighted by Crippen LogP contribution is 2.49. The van der Waals surface area contributed by atoms with Gasteiger partial charge in [0.1, 0.15) is 16.9 Å². The number of carbonyl (C=O) groups is 2. The Morgan fingerprint density at radius 2 is 1.83 bits per heavy atom. The van der Waals surface area contributed by atoms with E-state index in [2.05, 4.69) is 10.6 Å². The summed E-state index contributed by atoms with van der Waals surface area (Å²) in [7, 11) is 1.73. The average Bonchev–Trinajstić information content (AvgIpc) is 3.56. The Hall–Kier alpha value is -2.88. The maximum Gasteiger partial charge on any atom is 0.246 e. The summed E-state index contributed by atoms with van der Waals surface area (Å²) in [5.41, 5.74) is 1.03. The standard InChI is InChI=1S/C32H39FN4O3S/c1-19(34-2)29(38)36-28(20-13-15-32(40,16-14-20)21-9-10-21)31(39)37-17-5-8-27(37)30-35-26(18-41-30)24-11-12-25(33)23-7-4-3-6-22(23)24/h3-4,6-7,11-12,18-21,27-28,34,40H,5,8-10,13-17H2,1-2H3,(H,36,38)/t19-,20?,27-,28-,32?/m0/s1. The van der Waals surface area contributed by atoms with Gasteiger partial charge in [-0.05, 0) is 94.7 Å². The molecule has 3 fully saturated rings. The molecule has 41 heavy (non-hydrogen) atoms. The number of fused-ring (bicyclic) bond motifs is 1. The monoisotopic (exact) mass is 578 g/mol. The molecule has 3 N–H and O–H groups in total. The molecule has 9 heteroatoms. The number of aromatic nitrogens is 1. The second-order valence-electron chi connectivity index (χ2n) is 12.1. The number of carbonyl (C=O) groups excluding carboxylic acids is 2. The van der Waals surface area contributed by atoms with Crippen molar-refractivity contribution < 1.29 is 19.1 Å². The molecule has 1 aromatic heterocycles. The third-order valence-corrected chi connectivity index (χ3v) is 10.5. The molecular formula is C32H39FN4O3S. The molecule has 2 aromatic carbocycles. The van der Waals surface area contributed by atoms with Gasteiger partial charge in [0.2, 0.25) is 11.8 Å². The Morgan fingerprint density at radius 1 is 1.10 bits per heavy atom. The van der Waals surface area contributed by atoms with Crippen LogP contribution in [0.1, 0.15) is 69.3 Å². The maximum atomic E-state index is 14.4. The van der Waals surface area contributed by atoms with E-state index < -0.39 is 17.7 Å². The first kappa shape index (κ1) is 28.2. The molecule has 0 radical (unpaired) electrons. The maximum absolute atomic E-state index is 14.4. The quantitative estimate of drug-likeness (QED) is 0.342. The van der Waals surface area contributed by atoms with Crippen molar-refractivity contribution >= 4 is 33.9 Å². The van der Waals surface area contributed by atoms with E-state index in [0.29, 0.717) is 30.7 Å². The number of likely N-dealkylation sites (tertiary alicyclic amines) is 1. The van der Waals surface area contributed by atoms with Crippen LogP contribution in [0.15, 0.2) is 41.8 Å². The zero-order chi connectivity index (χ0) is 28.7. The second-order valence-corrected chi connectivity index (χ2v) is 13.0. The van der Waals surface area contributed by atoms with E-state index in [-0.39, 0.29) is 29.6 Å². The molecule has 3 atom stereocenters. The average molecular weight is 579 g/mol. The number of rotatable bonds is 8. The van der Waals surface area contributed by atoms with E-state index >= 15 is 0 Å². The van der Waals surface area contributed by atoms with Gasteiger partial charge in [-0.2, -0.15) is 0 Å². The largest absolute Gasteiger partial charge is 0.390 e. The van der Waals surface area contributed by atoms with Crippen molar-refractivity contribution in [2.75, 3.05) is 13.6 Å². The molecule has 1 saturated heterocycles. The molecule has 7 nitrogen and oxygen atoms in total. The third-order valence-electron chi connectivity index (χ3n) is 9.58. The summed E-state index contributed by atoms with van der Waals surface area (Å²) >= 11 is 1.53. The summed E-state index contributed by atoms with van der Waals surface area (Å²) in [5.74, 6) is -0.143. The van der Waals surface area contributed by atoms with Crippen LogP contribution in [0.3, 0.4) is 0 Å². The number of thiazole rings is 1. The van der Waals surface area contributed by atoms with Crippen molar-refractivity contribution in [2.24, 2.45) is 11.8 Å². The molecule has 3 aliphatic rings. The van der Waals surface area contributed by atoms with E-state index in [1.807, 2.05) is 28.5 Å². The van der Waals surface area contributed by atoms with Crippen LogP contribution in [0.25, 0.3) is 22.0 Å². The zero-order valence-corrected chi connectivity index (χ0v) is 24.6. The number of aliphatic hydroxyl groups is 1. The number of halogens is 1. The molecule has 2 saturated carbocycles. The summed E-state index contributed by atoms with van der Waals surface area (Å²) in [6, 6.07) is 9.45. The predicted octanol–water partition coefficient (Wildman–Crippen LogP) is 5.19. The van der Waals surface area contributed by atoms with Gasteiger partial charge >= 0.3 is 0 Å². The lowest BCUT2D eigenvalue weighted by atomic mass is 9.73. The molecule has 2 heterocycles. The lowest BCUT2D eigenvalue weighted by Gasteiger charge is -2.40. The summed E-state index contributed by atoms with van der Waals surface area (Å²) < 4.78 is 14.4. The molecule has 6 rings (SSSR count). The van der Waals surface area contributed by atoms with Crippen molar-refractivity contribution in [3.05, 3.63) is 52.6 Å². The molecular weight excluding hydrogens is 539 g/mol. The van der Waals surface area contributed by atoms with Crippen molar-refractivity contribution in [2.45, 2.75) is 82.0 Å². The highest BCUT2D eigenvalue weighted by Gasteiger charge is 2.48. The number of amides is 2. The van der Waals surface area contributed by atoms with Gasteiger partial charge in [-0.1, -0.05) is 24.3 Å². The van der Waals surface area contributed by atoms with Crippen LogP contribution in [-0.4, -0.2) is 58.1 Å². The van der Waals surface area contributed by atoms with Gasteiger partial charge in [-0.3, -0.25) is 9.59 Å². The minimum absolute atomic E-state index is 0.0202. The van der Waals surface area contributed by atoms with Gasteiger partial charge in [0.05, 0.1) is 23.4 Å². The highest BCUT2D eigenvalue weighted by atomic mass is 32.1. The van der Waals surface area contributed by atoms with Crippen molar-refractivity contribution in [1.82, 2.24) is 20.5 Å². The first-order chi connectivity index (χ1) is 19.8. The lowest BCUT2D eigenvalue weighted by molar-refractivity contribution is -0.140. The topological polar surface area (TPSA) is 94.6 Å². The normalized spacial score (nSPS) is 26.2. The van der Waals surface area contributed by atoms with Crippen molar-refractivity contribution in [3.63, 3.8) is 0 Å². The van der Waals surface area contributed by atoms with Gasteiger partial charge < -0.3 is 20.6 Å². The van der Waals surface area contributed by atoms with Crippen LogP contribution in [0.2, 0.25) is 0 Å². The number of hydrogen-bond acceptors (Lipinski definition) is 6. The molecule has 2 aliphatic carbocycles. The number of hydrogen-bond donors (Lipinski definition) is 3. The zero-order valence-electron chi connectivity index (χ0n) is 23.7. The van der Waals surface area contributed by atoms with Gasteiger partial charge in [0, 0.05) is 22.9 Å². The minimum atomic E-state index is -0.636. The Labute approximate surface area is 244 Å². The fourth-order valence-electron chi connectivity index (χ4n) is 6.81. The third kappa shape index (κ3) is 5.51. The Morgan fingerprint density at radius 3 is 2.54 bits per heavy atom. The summed E-state index contributed by atoms with van der Waals surface area (Å²) in [5, 5.41) is 21.4. The van der Waals surface area contributed by atoms with Crippen LogP contribution in [0.5, 0.6) is 0 Å². The first-order valence-electron chi connectivity index (χ1n) is 14.9. The highest BCUT2D eigenvalue weighted by molar-refractivity contribution is 7.10. The van der Waals surface area contributed by atoms with E-state index in [1.165, 1.54) is 17.4 Å². The summed E-state index contributed by atoms with van der Waals surface area (Å²) in [6.07, 6.45) is 6.62. The van der Waals surface area contributed by atoms with Crippen LogP contribution in [0, 0.1) is 17.7 Å². The van der Waals surface area contributed by atoms with E-state index in [4.69, 9.17) is 4.98 Å². The number of nitrogens with one attached hydrogen (secondary N) is 2. The minimum Gasteiger partial charge on any atom is -0.390 e. The second kappa shape index (κ2) is 11.4. The Balaban J connectivity index is 1.24. The first-order valence-corrected chi connectivity index (χ1v) is 15.8. The van der Waals surface area contributed by atoms with Crippen LogP contribution < -0.4 is 10.6 Å². The van der Waals surface area contributed by atoms with Crippen LogP contribution in [-0.2, 0) is 9.59 Å². The van der Waals surface area contributed by atoms with E-state index in [0.717, 1.165) is 60.2 Å². The molecule has 0 unspecified atom stereocenters. The van der Waals surface area contributed by atoms with Crippen LogP contribution >= 0.6 is 11.3 Å². The van der Waals surface area contributed by atoms with Gasteiger partial charge in [-0.25, -0.2) is 9.37 Å². The molecule has 218 valence electrons. The Kier molecular flexibility index (Phi) is 7.87.